The Balaban J connectivity index is 0.00000387. The summed E-state index contributed by atoms with van der Waals surface area (Å²) < 4.78 is 36.2. The lowest BCUT2D eigenvalue weighted by Gasteiger charge is -2.24. The topological polar surface area (TPSA) is 144 Å². The SMILES string of the molecule is CCOC(=O)CN(c1ccc2c(c1)nc(Cc1ccc(C(=N)N)cc1)n2C)S(=O)(=O)c1cccc2cnccc12.Cl. The van der Waals surface area contributed by atoms with Crippen LogP contribution in [-0.2, 0) is 33.0 Å². The van der Waals surface area contributed by atoms with Crippen LogP contribution in [0.3, 0.4) is 0 Å². The average Bonchev–Trinajstić information content (AvgIpc) is 3.25. The van der Waals surface area contributed by atoms with Gasteiger partial charge >= 0.3 is 5.97 Å². The third-order valence-electron chi connectivity index (χ3n) is 6.66. The molecule has 10 nitrogen and oxygen atoms in total. The van der Waals surface area contributed by atoms with E-state index in [2.05, 4.69) is 4.98 Å². The number of carbonyl (C=O) groups excluding carboxylic acids is 1. The number of amidine groups is 1. The van der Waals surface area contributed by atoms with Crippen LogP contribution in [0.25, 0.3) is 21.8 Å². The first-order valence-corrected chi connectivity index (χ1v) is 14.0. The number of esters is 1. The summed E-state index contributed by atoms with van der Waals surface area (Å²) in [6.07, 6.45) is 3.65. The smallest absolute Gasteiger partial charge is 0.326 e. The van der Waals surface area contributed by atoms with Crippen molar-refractivity contribution in [3.8, 4) is 0 Å². The molecule has 0 saturated carbocycles. The molecule has 0 radical (unpaired) electrons. The number of hydrogen-bond acceptors (Lipinski definition) is 7. The van der Waals surface area contributed by atoms with E-state index in [1.165, 1.54) is 12.3 Å². The van der Waals surface area contributed by atoms with Crippen molar-refractivity contribution >= 4 is 61.7 Å². The number of carbonyl (C=O) groups is 1. The molecule has 0 spiro atoms. The fourth-order valence-corrected chi connectivity index (χ4v) is 6.23. The maximum Gasteiger partial charge on any atom is 0.326 e. The number of imidazole rings is 1. The van der Waals surface area contributed by atoms with Crippen LogP contribution in [0.15, 0.2) is 84.0 Å². The van der Waals surface area contributed by atoms with E-state index < -0.39 is 22.5 Å². The lowest BCUT2D eigenvalue weighted by Crippen LogP contribution is -2.36. The van der Waals surface area contributed by atoms with E-state index in [0.29, 0.717) is 34.0 Å². The molecule has 2 heterocycles. The highest BCUT2D eigenvalue weighted by Crippen LogP contribution is 2.31. The number of nitrogens with one attached hydrogen (secondary N) is 1. The maximum absolute atomic E-state index is 14.1. The van der Waals surface area contributed by atoms with Crippen LogP contribution < -0.4 is 10.0 Å². The molecule has 0 bridgehead atoms. The molecular weight excluding hydrogens is 564 g/mol. The van der Waals surface area contributed by atoms with Crippen molar-refractivity contribution in [3.63, 3.8) is 0 Å². The van der Waals surface area contributed by atoms with Crippen molar-refractivity contribution in [1.29, 1.82) is 5.41 Å². The van der Waals surface area contributed by atoms with Crippen LogP contribution in [0.4, 0.5) is 5.69 Å². The number of nitrogens with zero attached hydrogens (tertiary/aromatic N) is 4. The van der Waals surface area contributed by atoms with E-state index in [1.54, 1.807) is 61.7 Å². The Morgan fingerprint density at radius 3 is 2.56 bits per heavy atom. The van der Waals surface area contributed by atoms with Crippen LogP contribution >= 0.6 is 12.4 Å². The van der Waals surface area contributed by atoms with Gasteiger partial charge in [0.05, 0.1) is 28.2 Å². The molecule has 212 valence electrons. The standard InChI is InChI=1S/C29H28N6O4S.ClH/c1-3-39-28(36)18-35(40(37,38)26-6-4-5-21-17-32-14-13-23(21)26)22-11-12-25-24(16-22)33-27(34(25)2)15-19-7-9-20(10-8-19)29(30)31;/h4-14,16-17H,3,15,18H2,1-2H3,(H3,30,31);1H. The van der Waals surface area contributed by atoms with E-state index in [0.717, 1.165) is 21.2 Å². The number of anilines is 1. The van der Waals surface area contributed by atoms with Gasteiger partial charge in [-0.15, -0.1) is 12.4 Å². The number of rotatable bonds is 9. The lowest BCUT2D eigenvalue weighted by molar-refractivity contribution is -0.141. The number of aryl methyl sites for hydroxylation is 1. The first-order valence-electron chi connectivity index (χ1n) is 12.6. The zero-order chi connectivity index (χ0) is 28.4. The van der Waals surface area contributed by atoms with Gasteiger partial charge in [0.15, 0.2) is 0 Å². The fourth-order valence-electron chi connectivity index (χ4n) is 4.61. The Bertz CT molecular complexity index is 1850. The first-order chi connectivity index (χ1) is 19.2. The predicted molar refractivity (Wildman–Crippen MR) is 161 cm³/mol. The molecule has 0 unspecified atom stereocenters. The van der Waals surface area contributed by atoms with Gasteiger partial charge in [0.25, 0.3) is 10.0 Å². The number of nitrogen functional groups attached to an aromatic ring is 1. The molecule has 12 heteroatoms. The van der Waals surface area contributed by atoms with E-state index in [-0.39, 0.29) is 29.7 Å². The monoisotopic (exact) mass is 592 g/mol. The Morgan fingerprint density at radius 1 is 1.10 bits per heavy atom. The van der Waals surface area contributed by atoms with Crippen molar-refractivity contribution in [1.82, 2.24) is 14.5 Å². The Hall–Kier alpha value is -4.48. The highest BCUT2D eigenvalue weighted by molar-refractivity contribution is 7.93. The number of halogens is 1. The summed E-state index contributed by atoms with van der Waals surface area (Å²) in [6, 6.07) is 19.1. The second kappa shape index (κ2) is 11.9. The van der Waals surface area contributed by atoms with Crippen molar-refractivity contribution in [2.75, 3.05) is 17.5 Å². The van der Waals surface area contributed by atoms with Crippen LogP contribution in [0.2, 0.25) is 0 Å². The van der Waals surface area contributed by atoms with Crippen LogP contribution in [0, 0.1) is 5.41 Å². The summed E-state index contributed by atoms with van der Waals surface area (Å²) in [4.78, 5) is 21.5. The average molecular weight is 593 g/mol. The van der Waals surface area contributed by atoms with Gasteiger partial charge in [-0.3, -0.25) is 19.5 Å². The van der Waals surface area contributed by atoms with Crippen LogP contribution in [0.5, 0.6) is 0 Å². The van der Waals surface area contributed by atoms with Gasteiger partial charge in [0, 0.05) is 42.2 Å². The number of ether oxygens (including phenoxy) is 1. The number of fused-ring (bicyclic) bond motifs is 2. The van der Waals surface area contributed by atoms with Crippen LogP contribution in [-0.4, -0.2) is 47.9 Å². The molecule has 0 saturated heterocycles. The normalized spacial score (nSPS) is 11.3. The number of hydrogen-bond donors (Lipinski definition) is 2. The quantitative estimate of drug-likeness (QED) is 0.148. The van der Waals surface area contributed by atoms with E-state index in [9.17, 15) is 13.2 Å². The minimum atomic E-state index is -4.18. The number of nitrogens with two attached hydrogens (primary N) is 1. The Kier molecular flexibility index (Phi) is 8.60. The Labute approximate surface area is 243 Å². The molecule has 0 aliphatic rings. The molecule has 3 N–H and O–H groups in total. The second-order valence-corrected chi connectivity index (χ2v) is 11.0. The minimum absolute atomic E-state index is 0. The summed E-state index contributed by atoms with van der Waals surface area (Å²) in [5.74, 6) is 0.108. The largest absolute Gasteiger partial charge is 0.465 e. The zero-order valence-corrected chi connectivity index (χ0v) is 24.1. The zero-order valence-electron chi connectivity index (χ0n) is 22.4. The number of aromatic nitrogens is 3. The van der Waals surface area contributed by atoms with Crippen molar-refractivity contribution in [3.05, 3.63) is 96.1 Å². The lowest BCUT2D eigenvalue weighted by atomic mass is 10.1. The number of benzene rings is 3. The Morgan fingerprint density at radius 2 is 1.85 bits per heavy atom. The summed E-state index contributed by atoms with van der Waals surface area (Å²) in [7, 11) is -2.29. The third-order valence-corrected chi connectivity index (χ3v) is 8.49. The molecule has 5 rings (SSSR count). The first kappa shape index (κ1) is 29.5. The maximum atomic E-state index is 14.1. The van der Waals surface area contributed by atoms with Gasteiger partial charge in [0.2, 0.25) is 0 Å². The summed E-state index contributed by atoms with van der Waals surface area (Å²) >= 11 is 0. The van der Waals surface area contributed by atoms with E-state index in [1.807, 2.05) is 23.7 Å². The van der Waals surface area contributed by atoms with Crippen molar-refractivity contribution in [2.45, 2.75) is 18.2 Å². The van der Waals surface area contributed by atoms with Crippen molar-refractivity contribution in [2.24, 2.45) is 12.8 Å². The minimum Gasteiger partial charge on any atom is -0.465 e. The molecule has 0 aliphatic heterocycles. The van der Waals surface area contributed by atoms with Crippen LogP contribution in [0.1, 0.15) is 23.9 Å². The molecule has 5 aromatic rings. The molecule has 0 aliphatic carbocycles. The highest BCUT2D eigenvalue weighted by Gasteiger charge is 2.30. The molecule has 0 atom stereocenters. The van der Waals surface area contributed by atoms with Gasteiger partial charge in [-0.1, -0.05) is 36.4 Å². The van der Waals surface area contributed by atoms with E-state index >= 15 is 0 Å². The van der Waals surface area contributed by atoms with Gasteiger partial charge in [0.1, 0.15) is 18.2 Å². The molecule has 41 heavy (non-hydrogen) atoms. The molecular formula is C29H29ClN6O4S. The summed E-state index contributed by atoms with van der Waals surface area (Å²) in [5, 5.41) is 8.75. The molecule has 2 aromatic heterocycles. The summed E-state index contributed by atoms with van der Waals surface area (Å²) in [6.45, 7) is 1.30. The number of pyridine rings is 1. The second-order valence-electron chi connectivity index (χ2n) is 9.22. The van der Waals surface area contributed by atoms with Gasteiger partial charge < -0.3 is 15.0 Å². The number of sulfonamides is 1. The highest BCUT2D eigenvalue weighted by atomic mass is 35.5. The van der Waals surface area contributed by atoms with Gasteiger partial charge in [-0.2, -0.15) is 0 Å². The van der Waals surface area contributed by atoms with Crippen molar-refractivity contribution < 1.29 is 17.9 Å². The molecule has 0 amide bonds. The predicted octanol–water partition coefficient (Wildman–Crippen LogP) is 4.18. The third kappa shape index (κ3) is 5.86. The molecule has 0 fully saturated rings. The summed E-state index contributed by atoms with van der Waals surface area (Å²) in [5.41, 5.74) is 8.88. The van der Waals surface area contributed by atoms with Gasteiger partial charge in [-0.05, 0) is 42.8 Å². The molecule has 3 aromatic carbocycles. The fraction of sp³-hybridized carbons (Fsp3) is 0.172. The van der Waals surface area contributed by atoms with Gasteiger partial charge in [-0.25, -0.2) is 13.4 Å². The van der Waals surface area contributed by atoms with E-state index in [4.69, 9.17) is 20.9 Å².